The van der Waals surface area contributed by atoms with Crippen LogP contribution in [0, 0.1) is 0 Å². The van der Waals surface area contributed by atoms with Gasteiger partial charge in [0.15, 0.2) is 6.29 Å². The summed E-state index contributed by atoms with van der Waals surface area (Å²) < 4.78 is 0. The zero-order valence-corrected chi connectivity index (χ0v) is 10.3. The van der Waals surface area contributed by atoms with Crippen molar-refractivity contribution in [1.82, 2.24) is 15.0 Å². The van der Waals surface area contributed by atoms with Crippen molar-refractivity contribution < 1.29 is 4.79 Å². The number of carbonyl (C=O) groups excluding carboxylic acids is 1. The van der Waals surface area contributed by atoms with Gasteiger partial charge in [0.05, 0.1) is 5.56 Å². The lowest BCUT2D eigenvalue weighted by molar-refractivity contribution is 0.112. The smallest absolute Gasteiger partial charge is 0.156 e. The largest absolute Gasteiger partial charge is 0.369 e. The zero-order chi connectivity index (χ0) is 12.8. The van der Waals surface area contributed by atoms with E-state index in [0.29, 0.717) is 18.6 Å². The van der Waals surface area contributed by atoms with Gasteiger partial charge in [-0.05, 0) is 12.1 Å². The highest BCUT2D eigenvalue weighted by Gasteiger charge is 2.08. The molecule has 2 heterocycles. The van der Waals surface area contributed by atoms with Crippen LogP contribution in [0.25, 0.3) is 0 Å². The Bertz CT molecular complexity index is 533. The number of hydrogen-bond acceptors (Lipinski definition) is 5. The number of hydrogen-bond donors (Lipinski definition) is 1. The van der Waals surface area contributed by atoms with Crippen LogP contribution in [0.2, 0.25) is 5.15 Å². The maximum atomic E-state index is 10.9. The highest BCUT2D eigenvalue weighted by atomic mass is 35.5. The molecule has 0 aliphatic rings. The SMILES string of the molecule is O=Cc1c(Cl)ncnc1NCCc1ccccn1. The van der Waals surface area contributed by atoms with Gasteiger partial charge < -0.3 is 5.32 Å². The number of anilines is 1. The molecule has 0 aliphatic carbocycles. The Hall–Kier alpha value is -2.01. The van der Waals surface area contributed by atoms with Crippen LogP contribution in [-0.4, -0.2) is 27.8 Å². The molecule has 0 saturated carbocycles. The average molecular weight is 263 g/mol. The van der Waals surface area contributed by atoms with E-state index in [1.807, 2.05) is 18.2 Å². The maximum absolute atomic E-state index is 10.9. The first-order valence-electron chi connectivity index (χ1n) is 5.40. The van der Waals surface area contributed by atoms with E-state index in [1.165, 1.54) is 6.33 Å². The summed E-state index contributed by atoms with van der Waals surface area (Å²) in [5.41, 5.74) is 1.25. The second-order valence-corrected chi connectivity index (χ2v) is 3.90. The highest BCUT2D eigenvalue weighted by molar-refractivity contribution is 6.32. The Morgan fingerprint density at radius 1 is 1.28 bits per heavy atom. The molecule has 0 fully saturated rings. The fourth-order valence-corrected chi connectivity index (χ4v) is 1.65. The first kappa shape index (κ1) is 12.4. The van der Waals surface area contributed by atoms with E-state index in [9.17, 15) is 4.79 Å². The Morgan fingerprint density at radius 3 is 2.89 bits per heavy atom. The molecule has 0 radical (unpaired) electrons. The van der Waals surface area contributed by atoms with Gasteiger partial charge in [0.25, 0.3) is 0 Å². The predicted molar refractivity (Wildman–Crippen MR) is 68.9 cm³/mol. The standard InChI is InChI=1S/C12H11ClN4O/c13-11-10(7-18)12(17-8-16-11)15-6-4-9-3-1-2-5-14-9/h1-3,5,7-8H,4,6H2,(H,15,16,17). The molecule has 1 N–H and O–H groups in total. The van der Waals surface area contributed by atoms with E-state index < -0.39 is 0 Å². The fraction of sp³-hybridized carbons (Fsp3) is 0.167. The Balaban J connectivity index is 1.99. The number of aldehydes is 1. The topological polar surface area (TPSA) is 67.8 Å². The van der Waals surface area contributed by atoms with Crippen LogP contribution >= 0.6 is 11.6 Å². The highest BCUT2D eigenvalue weighted by Crippen LogP contribution is 2.16. The van der Waals surface area contributed by atoms with Gasteiger partial charge in [0.1, 0.15) is 17.3 Å². The van der Waals surface area contributed by atoms with Crippen LogP contribution in [-0.2, 0) is 6.42 Å². The molecule has 2 aromatic rings. The number of pyridine rings is 1. The fourth-order valence-electron chi connectivity index (χ4n) is 1.47. The van der Waals surface area contributed by atoms with E-state index in [-0.39, 0.29) is 10.7 Å². The minimum atomic E-state index is 0.153. The summed E-state index contributed by atoms with van der Waals surface area (Å²) in [5.74, 6) is 0.445. The molecule has 0 aromatic carbocycles. The molecule has 0 saturated heterocycles. The number of halogens is 1. The van der Waals surface area contributed by atoms with Crippen molar-refractivity contribution in [2.45, 2.75) is 6.42 Å². The molecule has 2 rings (SSSR count). The lowest BCUT2D eigenvalue weighted by Gasteiger charge is -2.07. The molecule has 0 atom stereocenters. The first-order valence-corrected chi connectivity index (χ1v) is 5.78. The van der Waals surface area contributed by atoms with Crippen molar-refractivity contribution in [2.24, 2.45) is 0 Å². The Labute approximate surface area is 109 Å². The summed E-state index contributed by atoms with van der Waals surface area (Å²) in [6.45, 7) is 0.616. The molecule has 5 nitrogen and oxygen atoms in total. The first-order chi connectivity index (χ1) is 8.81. The second-order valence-electron chi connectivity index (χ2n) is 3.54. The van der Waals surface area contributed by atoms with E-state index in [2.05, 4.69) is 20.3 Å². The van der Waals surface area contributed by atoms with Crippen LogP contribution < -0.4 is 5.32 Å². The van der Waals surface area contributed by atoms with Gasteiger partial charge in [-0.1, -0.05) is 17.7 Å². The van der Waals surface area contributed by atoms with Crippen molar-refractivity contribution >= 4 is 23.7 Å². The molecule has 92 valence electrons. The summed E-state index contributed by atoms with van der Waals surface area (Å²) >= 11 is 5.79. The van der Waals surface area contributed by atoms with Crippen LogP contribution in [0.5, 0.6) is 0 Å². The number of nitrogens with zero attached hydrogens (tertiary/aromatic N) is 3. The third kappa shape index (κ3) is 3.01. The van der Waals surface area contributed by atoms with Crippen molar-refractivity contribution in [3.05, 3.63) is 47.1 Å². The number of nitrogens with one attached hydrogen (secondary N) is 1. The van der Waals surface area contributed by atoms with Gasteiger partial charge in [0.2, 0.25) is 0 Å². The number of rotatable bonds is 5. The minimum absolute atomic E-state index is 0.153. The molecule has 0 amide bonds. The van der Waals surface area contributed by atoms with E-state index >= 15 is 0 Å². The molecular weight excluding hydrogens is 252 g/mol. The lowest BCUT2D eigenvalue weighted by Crippen LogP contribution is -2.09. The average Bonchev–Trinajstić information content (AvgIpc) is 2.40. The quantitative estimate of drug-likeness (QED) is 0.659. The van der Waals surface area contributed by atoms with Gasteiger partial charge in [-0.15, -0.1) is 0 Å². The summed E-state index contributed by atoms with van der Waals surface area (Å²) in [4.78, 5) is 22.8. The Kier molecular flexibility index (Phi) is 4.20. The van der Waals surface area contributed by atoms with Crippen molar-refractivity contribution in [3.8, 4) is 0 Å². The molecule has 0 spiro atoms. The second kappa shape index (κ2) is 6.07. The molecule has 2 aromatic heterocycles. The van der Waals surface area contributed by atoms with E-state index in [1.54, 1.807) is 6.20 Å². The summed E-state index contributed by atoms with van der Waals surface area (Å²) in [7, 11) is 0. The maximum Gasteiger partial charge on any atom is 0.156 e. The molecule has 0 aliphatic heterocycles. The van der Waals surface area contributed by atoms with Crippen molar-refractivity contribution in [2.75, 3.05) is 11.9 Å². The van der Waals surface area contributed by atoms with E-state index in [4.69, 9.17) is 11.6 Å². The van der Waals surface area contributed by atoms with Crippen LogP contribution in [0.3, 0.4) is 0 Å². The van der Waals surface area contributed by atoms with Gasteiger partial charge >= 0.3 is 0 Å². The van der Waals surface area contributed by atoms with Crippen LogP contribution in [0.15, 0.2) is 30.7 Å². The monoisotopic (exact) mass is 262 g/mol. The molecule has 0 bridgehead atoms. The van der Waals surface area contributed by atoms with Gasteiger partial charge in [0, 0.05) is 24.9 Å². The molecular formula is C12H11ClN4O. The molecule has 18 heavy (non-hydrogen) atoms. The molecule has 6 heteroatoms. The predicted octanol–water partition coefficient (Wildman–Crippen LogP) is 1.99. The van der Waals surface area contributed by atoms with Crippen molar-refractivity contribution in [1.29, 1.82) is 0 Å². The summed E-state index contributed by atoms with van der Waals surface area (Å²) in [5, 5.41) is 3.20. The van der Waals surface area contributed by atoms with Crippen LogP contribution in [0.4, 0.5) is 5.82 Å². The lowest BCUT2D eigenvalue weighted by atomic mass is 10.2. The van der Waals surface area contributed by atoms with Gasteiger partial charge in [-0.3, -0.25) is 9.78 Å². The third-order valence-corrected chi connectivity index (χ3v) is 2.65. The zero-order valence-electron chi connectivity index (χ0n) is 9.51. The van der Waals surface area contributed by atoms with E-state index in [0.717, 1.165) is 12.1 Å². The number of aromatic nitrogens is 3. The van der Waals surface area contributed by atoms with Crippen molar-refractivity contribution in [3.63, 3.8) is 0 Å². The summed E-state index contributed by atoms with van der Waals surface area (Å²) in [6, 6.07) is 5.74. The van der Waals surface area contributed by atoms with Gasteiger partial charge in [-0.25, -0.2) is 9.97 Å². The molecule has 0 unspecified atom stereocenters. The summed E-state index contributed by atoms with van der Waals surface area (Å²) in [6.07, 6.45) is 4.44. The number of carbonyl (C=O) groups is 1. The van der Waals surface area contributed by atoms with Gasteiger partial charge in [-0.2, -0.15) is 0 Å². The Morgan fingerprint density at radius 2 is 2.17 bits per heavy atom. The normalized spacial score (nSPS) is 10.1. The minimum Gasteiger partial charge on any atom is -0.369 e. The van der Waals surface area contributed by atoms with Crippen LogP contribution in [0.1, 0.15) is 16.1 Å². The third-order valence-electron chi connectivity index (χ3n) is 2.35.